The van der Waals surface area contributed by atoms with E-state index < -0.39 is 5.54 Å². The van der Waals surface area contributed by atoms with Crippen LogP contribution in [0.2, 0.25) is 0 Å². The van der Waals surface area contributed by atoms with E-state index in [1.807, 2.05) is 31.7 Å². The molecule has 3 aromatic heterocycles. The van der Waals surface area contributed by atoms with Crippen molar-refractivity contribution < 1.29 is 14.1 Å². The van der Waals surface area contributed by atoms with Crippen LogP contribution >= 0.6 is 0 Å². The molecule has 6 rings (SSSR count). The summed E-state index contributed by atoms with van der Waals surface area (Å²) >= 11 is 0. The molecule has 1 aliphatic heterocycles. The molecule has 212 valence electrons. The predicted molar refractivity (Wildman–Crippen MR) is 154 cm³/mol. The van der Waals surface area contributed by atoms with Gasteiger partial charge in [0, 0.05) is 30.7 Å². The third-order valence-corrected chi connectivity index (χ3v) is 7.83. The van der Waals surface area contributed by atoms with Gasteiger partial charge in [0.2, 0.25) is 11.8 Å². The third-order valence-electron chi connectivity index (χ3n) is 7.83. The summed E-state index contributed by atoms with van der Waals surface area (Å²) in [7, 11) is 0. The van der Waals surface area contributed by atoms with E-state index in [1.165, 1.54) is 6.08 Å². The number of hydrogen-bond acceptors (Lipinski definition) is 8. The van der Waals surface area contributed by atoms with E-state index in [2.05, 4.69) is 66.8 Å². The molecule has 1 unspecified atom stereocenters. The summed E-state index contributed by atoms with van der Waals surface area (Å²) < 4.78 is 5.30. The minimum atomic E-state index is -0.441. The quantitative estimate of drug-likeness (QED) is 0.287. The molecule has 0 spiro atoms. The van der Waals surface area contributed by atoms with E-state index in [9.17, 15) is 9.59 Å². The van der Waals surface area contributed by atoms with Gasteiger partial charge in [-0.3, -0.25) is 14.7 Å². The fourth-order valence-electron chi connectivity index (χ4n) is 5.39. The lowest BCUT2D eigenvalue weighted by Crippen LogP contribution is -2.44. The normalized spacial score (nSPS) is 18.2. The lowest BCUT2D eigenvalue weighted by atomic mass is 9.97. The number of fused-ring (bicyclic) bond motifs is 1. The number of carbonyl (C=O) groups excluding carboxylic acids is 2. The Morgan fingerprint density at radius 1 is 1.20 bits per heavy atom. The number of nitrogens with one attached hydrogen (secondary N) is 3. The second-order valence-corrected chi connectivity index (χ2v) is 11.9. The summed E-state index contributed by atoms with van der Waals surface area (Å²) in [5.74, 6) is 0.798. The van der Waals surface area contributed by atoms with Gasteiger partial charge in [-0.1, -0.05) is 56.8 Å². The molecule has 11 nitrogen and oxygen atoms in total. The monoisotopic (exact) mass is 554 g/mol. The number of amides is 2. The first-order valence-electron chi connectivity index (χ1n) is 14.0. The number of pyridine rings is 1. The largest absolute Gasteiger partial charge is 0.364 e. The van der Waals surface area contributed by atoms with Gasteiger partial charge in [-0.25, -0.2) is 4.98 Å². The second-order valence-electron chi connectivity index (χ2n) is 11.9. The molecular formula is C30H34N8O3. The molecule has 0 bridgehead atoms. The van der Waals surface area contributed by atoms with Crippen LogP contribution in [0.15, 0.2) is 53.7 Å². The fraction of sp³-hybridized carbons (Fsp3) is 0.400. The Labute approximate surface area is 237 Å². The van der Waals surface area contributed by atoms with Crippen molar-refractivity contribution in [3.63, 3.8) is 0 Å². The zero-order chi connectivity index (χ0) is 28.8. The fourth-order valence-corrected chi connectivity index (χ4v) is 5.39. The number of benzene rings is 1. The van der Waals surface area contributed by atoms with Crippen molar-refractivity contribution in [2.75, 3.05) is 18.4 Å². The van der Waals surface area contributed by atoms with E-state index in [4.69, 9.17) is 4.52 Å². The summed E-state index contributed by atoms with van der Waals surface area (Å²) in [6, 6.07) is 10.3. The Kier molecular flexibility index (Phi) is 6.59. The number of piperidine rings is 1. The van der Waals surface area contributed by atoms with Crippen molar-refractivity contribution in [1.29, 1.82) is 0 Å². The molecule has 4 heterocycles. The Morgan fingerprint density at radius 2 is 1.98 bits per heavy atom. The highest BCUT2D eigenvalue weighted by atomic mass is 16.5. The molecule has 2 aliphatic rings. The third kappa shape index (κ3) is 5.19. The zero-order valence-corrected chi connectivity index (χ0v) is 23.5. The number of aromatic nitrogens is 5. The number of carbonyl (C=O) groups is 2. The van der Waals surface area contributed by atoms with Crippen molar-refractivity contribution >= 4 is 28.7 Å². The first-order valence-corrected chi connectivity index (χ1v) is 14.0. The van der Waals surface area contributed by atoms with Crippen molar-refractivity contribution in [1.82, 2.24) is 35.5 Å². The predicted octanol–water partition coefficient (Wildman–Crippen LogP) is 4.31. The Morgan fingerprint density at radius 3 is 2.66 bits per heavy atom. The molecule has 4 aromatic rings. The Hall–Kier alpha value is -4.54. The van der Waals surface area contributed by atoms with E-state index in [0.29, 0.717) is 23.9 Å². The Balaban J connectivity index is 1.21. The van der Waals surface area contributed by atoms with Crippen molar-refractivity contribution in [2.45, 2.75) is 63.5 Å². The number of aromatic amines is 1. The number of hydrogen-bond donors (Lipinski definition) is 3. The van der Waals surface area contributed by atoms with Crippen LogP contribution < -0.4 is 10.6 Å². The van der Waals surface area contributed by atoms with Gasteiger partial charge in [0.1, 0.15) is 0 Å². The molecule has 41 heavy (non-hydrogen) atoms. The van der Waals surface area contributed by atoms with Crippen molar-refractivity contribution in [3.05, 3.63) is 66.5 Å². The number of likely N-dealkylation sites (tertiary alicyclic amines) is 1. The minimum Gasteiger partial charge on any atom is -0.364 e. The van der Waals surface area contributed by atoms with Gasteiger partial charge < -0.3 is 20.1 Å². The number of rotatable bonds is 7. The Bertz CT molecular complexity index is 1610. The van der Waals surface area contributed by atoms with Crippen molar-refractivity contribution in [2.24, 2.45) is 0 Å². The number of anilines is 1. The zero-order valence-electron chi connectivity index (χ0n) is 23.5. The standard InChI is InChI=1S/C30H34N8O3/c1-5-22(39)38-16-6-7-20(17-38)32-25-23-21(12-15-31-24(23)35-36-25)18-8-10-19(11-9-18)30(13-14-30)34-27(40)26-33-28(41-37-26)29(2,3)4/h5,8-12,15,20H,1,6-7,13-14,16-17H2,2-4H3,(H,34,40)(H2,31,32,35,36). The second kappa shape index (κ2) is 10.1. The van der Waals surface area contributed by atoms with E-state index >= 15 is 0 Å². The van der Waals surface area contributed by atoms with Crippen LogP contribution in [-0.2, 0) is 15.7 Å². The topological polar surface area (TPSA) is 142 Å². The molecule has 1 saturated heterocycles. The summed E-state index contributed by atoms with van der Waals surface area (Å²) in [4.78, 5) is 35.7. The first kappa shape index (κ1) is 26.7. The number of H-pyrrole nitrogens is 1. The highest BCUT2D eigenvalue weighted by molar-refractivity contribution is 6.00. The van der Waals surface area contributed by atoms with Crippen LogP contribution in [0.1, 0.15) is 68.5 Å². The number of nitrogens with zero attached hydrogens (tertiary/aromatic N) is 5. The van der Waals surface area contributed by atoms with Crippen LogP contribution in [0, 0.1) is 0 Å². The van der Waals surface area contributed by atoms with E-state index in [0.717, 1.165) is 54.3 Å². The SMILES string of the molecule is C=CC(=O)N1CCCC(Nc2n[nH]c3nccc(-c4ccc(C5(NC(=O)c6noc(C(C)(C)C)n6)CC5)cc4)c23)C1. The van der Waals surface area contributed by atoms with Crippen LogP contribution in [0.5, 0.6) is 0 Å². The highest BCUT2D eigenvalue weighted by Crippen LogP contribution is 2.46. The van der Waals surface area contributed by atoms with E-state index in [-0.39, 0.29) is 29.1 Å². The maximum absolute atomic E-state index is 12.9. The van der Waals surface area contributed by atoms with Gasteiger partial charge in [0.15, 0.2) is 11.5 Å². The minimum absolute atomic E-state index is 0.0481. The first-order chi connectivity index (χ1) is 19.7. The lowest BCUT2D eigenvalue weighted by molar-refractivity contribution is -0.127. The van der Waals surface area contributed by atoms with Crippen LogP contribution in [0.25, 0.3) is 22.2 Å². The molecule has 1 aromatic carbocycles. The van der Waals surface area contributed by atoms with E-state index in [1.54, 1.807) is 6.20 Å². The molecule has 2 fully saturated rings. The summed E-state index contributed by atoms with van der Waals surface area (Å²) in [5.41, 5.74) is 2.94. The molecule has 11 heteroatoms. The maximum Gasteiger partial charge on any atom is 0.293 e. The van der Waals surface area contributed by atoms with Gasteiger partial charge in [-0.15, -0.1) is 0 Å². The molecular weight excluding hydrogens is 520 g/mol. The summed E-state index contributed by atoms with van der Waals surface area (Å²) in [6.45, 7) is 10.8. The van der Waals surface area contributed by atoms with Gasteiger partial charge >= 0.3 is 0 Å². The summed E-state index contributed by atoms with van der Waals surface area (Å²) in [5, 5.41) is 19.0. The van der Waals surface area contributed by atoms with Gasteiger partial charge in [0.05, 0.1) is 10.9 Å². The molecule has 1 atom stereocenters. The van der Waals surface area contributed by atoms with Crippen molar-refractivity contribution in [3.8, 4) is 11.1 Å². The van der Waals surface area contributed by atoms with Crippen LogP contribution in [-0.4, -0.2) is 61.2 Å². The highest BCUT2D eigenvalue weighted by Gasteiger charge is 2.46. The molecule has 2 amide bonds. The molecule has 1 saturated carbocycles. The molecule has 0 radical (unpaired) electrons. The summed E-state index contributed by atoms with van der Waals surface area (Å²) in [6.07, 6.45) is 6.65. The van der Waals surface area contributed by atoms with Crippen LogP contribution in [0.3, 0.4) is 0 Å². The molecule has 1 aliphatic carbocycles. The van der Waals surface area contributed by atoms with Crippen LogP contribution in [0.4, 0.5) is 5.82 Å². The van der Waals surface area contributed by atoms with Gasteiger partial charge in [-0.2, -0.15) is 10.1 Å². The maximum atomic E-state index is 12.9. The average Bonchev–Trinajstić information content (AvgIpc) is 3.37. The van der Waals surface area contributed by atoms with Gasteiger partial charge in [-0.05, 0) is 54.5 Å². The van der Waals surface area contributed by atoms with Gasteiger partial charge in [0.25, 0.3) is 11.7 Å². The molecule has 3 N–H and O–H groups in total. The smallest absolute Gasteiger partial charge is 0.293 e. The average molecular weight is 555 g/mol. The lowest BCUT2D eigenvalue weighted by Gasteiger charge is -2.32.